The summed E-state index contributed by atoms with van der Waals surface area (Å²) in [7, 11) is 2.17. The van der Waals surface area contributed by atoms with Gasteiger partial charge in [-0.05, 0) is 48.9 Å². The summed E-state index contributed by atoms with van der Waals surface area (Å²) < 4.78 is 0. The lowest BCUT2D eigenvalue weighted by Gasteiger charge is -2.27. The van der Waals surface area contributed by atoms with Gasteiger partial charge in [-0.3, -0.25) is 4.79 Å². The van der Waals surface area contributed by atoms with Crippen LogP contribution in [-0.4, -0.2) is 30.9 Å². The Morgan fingerprint density at radius 1 is 1.00 bits per heavy atom. The van der Waals surface area contributed by atoms with Gasteiger partial charge in [0.15, 0.2) is 0 Å². The van der Waals surface area contributed by atoms with Gasteiger partial charge in [-0.2, -0.15) is 0 Å². The zero-order chi connectivity index (χ0) is 15.8. The molecular formula is C19H21N3O. The molecule has 2 aromatic carbocycles. The summed E-state index contributed by atoms with van der Waals surface area (Å²) in [6.45, 7) is 2.98. The monoisotopic (exact) mass is 307 g/mol. The van der Waals surface area contributed by atoms with Crippen LogP contribution in [-0.2, 0) is 17.8 Å². The molecule has 2 heterocycles. The lowest BCUT2D eigenvalue weighted by Crippen LogP contribution is -2.26. The largest absolute Gasteiger partial charge is 0.340 e. The summed E-state index contributed by atoms with van der Waals surface area (Å²) >= 11 is 0. The highest BCUT2D eigenvalue weighted by Crippen LogP contribution is 2.34. The number of para-hydroxylation sites is 1. The van der Waals surface area contributed by atoms with E-state index in [1.54, 1.807) is 0 Å². The Labute approximate surface area is 136 Å². The number of hydrogen-bond acceptors (Lipinski definition) is 3. The number of carbonyl (C=O) groups excluding carboxylic acids is 1. The Hall–Kier alpha value is -2.33. The average Bonchev–Trinajstić information content (AvgIpc) is 2.72. The summed E-state index contributed by atoms with van der Waals surface area (Å²) in [6.07, 6.45) is 1.40. The van der Waals surface area contributed by atoms with E-state index in [1.807, 2.05) is 6.07 Å². The summed E-state index contributed by atoms with van der Waals surface area (Å²) in [5.41, 5.74) is 6.06. The van der Waals surface area contributed by atoms with E-state index < -0.39 is 0 Å². The van der Waals surface area contributed by atoms with E-state index in [0.29, 0.717) is 6.42 Å². The van der Waals surface area contributed by atoms with Crippen LogP contribution in [0.25, 0.3) is 0 Å². The number of hydrogen-bond donors (Lipinski definition) is 1. The maximum atomic E-state index is 11.5. The molecule has 2 aliphatic rings. The van der Waals surface area contributed by atoms with Crippen molar-refractivity contribution in [1.29, 1.82) is 0 Å². The number of benzene rings is 2. The van der Waals surface area contributed by atoms with Gasteiger partial charge in [0.25, 0.3) is 0 Å². The molecule has 0 fully saturated rings. The number of anilines is 3. The number of aryl methyl sites for hydroxylation is 1. The van der Waals surface area contributed by atoms with Crippen LogP contribution >= 0.6 is 0 Å². The third kappa shape index (κ3) is 2.70. The second-order valence-corrected chi connectivity index (χ2v) is 6.41. The van der Waals surface area contributed by atoms with Crippen LogP contribution in [0, 0.1) is 0 Å². The molecule has 4 heteroatoms. The molecule has 0 spiro atoms. The van der Waals surface area contributed by atoms with Crippen LogP contribution in [0.4, 0.5) is 17.1 Å². The third-order valence-corrected chi connectivity index (χ3v) is 4.72. The molecule has 0 aromatic heterocycles. The minimum atomic E-state index is 0.118. The summed E-state index contributed by atoms with van der Waals surface area (Å²) in [6, 6.07) is 15.0. The molecule has 1 amide bonds. The van der Waals surface area contributed by atoms with Gasteiger partial charge in [-0.15, -0.1) is 0 Å². The highest BCUT2D eigenvalue weighted by molar-refractivity contribution is 5.94. The molecule has 0 atom stereocenters. The number of rotatable bonds is 1. The molecule has 4 rings (SSSR count). The fourth-order valence-electron chi connectivity index (χ4n) is 3.47. The van der Waals surface area contributed by atoms with Gasteiger partial charge in [0.2, 0.25) is 5.91 Å². The van der Waals surface area contributed by atoms with Crippen molar-refractivity contribution in [3.05, 3.63) is 53.6 Å². The maximum Gasteiger partial charge on any atom is 0.224 e. The molecule has 0 radical (unpaired) electrons. The second kappa shape index (κ2) is 5.70. The van der Waals surface area contributed by atoms with Gasteiger partial charge in [0.05, 0.1) is 0 Å². The summed E-state index contributed by atoms with van der Waals surface area (Å²) in [4.78, 5) is 16.3. The molecule has 0 unspecified atom stereocenters. The highest BCUT2D eigenvalue weighted by Gasteiger charge is 2.21. The number of likely N-dealkylation sites (N-methyl/N-ethyl adjacent to an activating group) is 1. The van der Waals surface area contributed by atoms with Crippen LogP contribution in [0.3, 0.4) is 0 Å². The molecule has 2 aliphatic heterocycles. The number of carbonyl (C=O) groups is 1. The molecule has 4 nitrogen and oxygen atoms in total. The first-order valence-electron chi connectivity index (χ1n) is 8.17. The van der Waals surface area contributed by atoms with E-state index in [2.05, 4.69) is 58.6 Å². The average molecular weight is 307 g/mol. The molecule has 0 saturated heterocycles. The van der Waals surface area contributed by atoms with Crippen LogP contribution < -0.4 is 10.2 Å². The Morgan fingerprint density at radius 3 is 2.78 bits per heavy atom. The number of fused-ring (bicyclic) bond motifs is 2. The van der Waals surface area contributed by atoms with Crippen molar-refractivity contribution >= 4 is 23.0 Å². The first kappa shape index (κ1) is 14.3. The van der Waals surface area contributed by atoms with Crippen molar-refractivity contribution in [3.8, 4) is 0 Å². The normalized spacial score (nSPS) is 18.0. The van der Waals surface area contributed by atoms with Crippen molar-refractivity contribution < 1.29 is 4.79 Å². The van der Waals surface area contributed by atoms with E-state index in [9.17, 15) is 4.79 Å². The SMILES string of the molecule is CN1CCN(c2ccc3c(c2)CCC(=O)N3)c2ccccc2C1. The topological polar surface area (TPSA) is 35.6 Å². The van der Waals surface area contributed by atoms with Gasteiger partial charge in [0.1, 0.15) is 0 Å². The molecule has 1 N–H and O–H groups in total. The Balaban J connectivity index is 1.74. The van der Waals surface area contributed by atoms with Gasteiger partial charge in [-0.1, -0.05) is 18.2 Å². The number of nitrogens with one attached hydrogen (secondary N) is 1. The predicted molar refractivity (Wildman–Crippen MR) is 93.2 cm³/mol. The van der Waals surface area contributed by atoms with Crippen molar-refractivity contribution in [2.45, 2.75) is 19.4 Å². The summed E-state index contributed by atoms with van der Waals surface area (Å²) in [5.74, 6) is 0.118. The molecule has 0 saturated carbocycles. The van der Waals surface area contributed by atoms with Crippen molar-refractivity contribution in [3.63, 3.8) is 0 Å². The van der Waals surface area contributed by atoms with E-state index in [-0.39, 0.29) is 5.91 Å². The minimum Gasteiger partial charge on any atom is -0.340 e. The Kier molecular flexibility index (Phi) is 3.54. The predicted octanol–water partition coefficient (Wildman–Crippen LogP) is 3.15. The Bertz CT molecular complexity index is 756. The van der Waals surface area contributed by atoms with Crippen molar-refractivity contribution in [2.24, 2.45) is 0 Å². The first-order chi connectivity index (χ1) is 11.2. The molecule has 23 heavy (non-hydrogen) atoms. The van der Waals surface area contributed by atoms with Crippen LogP contribution in [0.2, 0.25) is 0 Å². The lowest BCUT2D eigenvalue weighted by molar-refractivity contribution is -0.116. The summed E-state index contributed by atoms with van der Waals surface area (Å²) in [5, 5.41) is 2.96. The van der Waals surface area contributed by atoms with E-state index in [1.165, 1.54) is 22.5 Å². The quantitative estimate of drug-likeness (QED) is 0.879. The zero-order valence-electron chi connectivity index (χ0n) is 13.4. The van der Waals surface area contributed by atoms with Crippen molar-refractivity contribution in [2.75, 3.05) is 30.4 Å². The smallest absolute Gasteiger partial charge is 0.224 e. The van der Waals surface area contributed by atoms with Crippen LogP contribution in [0.15, 0.2) is 42.5 Å². The van der Waals surface area contributed by atoms with Gasteiger partial charge >= 0.3 is 0 Å². The molecular weight excluding hydrogens is 286 g/mol. The third-order valence-electron chi connectivity index (χ3n) is 4.72. The van der Waals surface area contributed by atoms with Crippen LogP contribution in [0.1, 0.15) is 17.5 Å². The maximum absolute atomic E-state index is 11.5. The van der Waals surface area contributed by atoms with Gasteiger partial charge in [0, 0.05) is 43.1 Å². The number of nitrogens with zero attached hydrogens (tertiary/aromatic N) is 2. The molecule has 0 aliphatic carbocycles. The zero-order valence-corrected chi connectivity index (χ0v) is 13.4. The highest BCUT2D eigenvalue weighted by atomic mass is 16.1. The van der Waals surface area contributed by atoms with Crippen LogP contribution in [0.5, 0.6) is 0 Å². The first-order valence-corrected chi connectivity index (χ1v) is 8.17. The fraction of sp³-hybridized carbons (Fsp3) is 0.316. The van der Waals surface area contributed by atoms with Gasteiger partial charge in [-0.25, -0.2) is 0 Å². The Morgan fingerprint density at radius 2 is 1.87 bits per heavy atom. The molecule has 0 bridgehead atoms. The minimum absolute atomic E-state index is 0.118. The second-order valence-electron chi connectivity index (χ2n) is 6.41. The van der Waals surface area contributed by atoms with E-state index in [0.717, 1.165) is 31.7 Å². The van der Waals surface area contributed by atoms with E-state index >= 15 is 0 Å². The van der Waals surface area contributed by atoms with Crippen molar-refractivity contribution in [1.82, 2.24) is 4.90 Å². The van der Waals surface area contributed by atoms with E-state index in [4.69, 9.17) is 0 Å². The molecule has 118 valence electrons. The number of amides is 1. The fourth-order valence-corrected chi connectivity index (χ4v) is 3.47. The molecule has 2 aromatic rings. The lowest BCUT2D eigenvalue weighted by atomic mass is 10.0. The van der Waals surface area contributed by atoms with Gasteiger partial charge < -0.3 is 15.1 Å². The standard InChI is InChI=1S/C19H21N3O/c1-21-10-11-22(18-5-3-2-4-15(18)13-21)16-7-8-17-14(12-16)6-9-19(23)20-17/h2-5,7-8,12H,6,9-11,13H2,1H3,(H,20,23).